The molecule has 0 aromatic carbocycles. The molecule has 1 aliphatic heterocycles. The van der Waals surface area contributed by atoms with Crippen molar-refractivity contribution >= 4 is 0 Å². The Hall–Kier alpha value is -1.03. The summed E-state index contributed by atoms with van der Waals surface area (Å²) >= 11 is 0. The number of hydrogen-bond acceptors (Lipinski definition) is 3. The van der Waals surface area contributed by atoms with Gasteiger partial charge in [-0.15, -0.1) is 5.10 Å². The van der Waals surface area contributed by atoms with Crippen LogP contribution in [-0.4, -0.2) is 40.9 Å². The topological polar surface area (TPSA) is 30.3 Å². The molecule has 4 heteroatoms. The van der Waals surface area contributed by atoms with E-state index < -0.39 is 0 Å². The van der Waals surface area contributed by atoms with E-state index in [1.807, 2.05) is 6.92 Å². The highest BCUT2D eigenvalue weighted by Gasteiger charge is 2.20. The molecule has 18 heavy (non-hydrogen) atoms. The molecular weight excluding hydrogens is 226 g/mol. The molecule has 1 saturated heterocycles. The maximum Gasteiger partial charge on any atom is 0.235 e. The summed E-state index contributed by atoms with van der Waals surface area (Å²) in [6.45, 7) is 12.7. The van der Waals surface area contributed by atoms with Crippen molar-refractivity contribution in [2.24, 2.45) is 0 Å². The maximum atomic E-state index is 5.57. The van der Waals surface area contributed by atoms with Gasteiger partial charge >= 0.3 is 0 Å². The normalized spacial score (nSPS) is 18.2. The van der Waals surface area contributed by atoms with Crippen LogP contribution in [0.5, 0.6) is 5.88 Å². The van der Waals surface area contributed by atoms with Crippen LogP contribution in [0.2, 0.25) is 0 Å². The number of ether oxygens (including phenoxy) is 1. The molecule has 1 atom stereocenters. The van der Waals surface area contributed by atoms with Crippen molar-refractivity contribution in [1.82, 2.24) is 14.7 Å². The Morgan fingerprint density at radius 1 is 1.28 bits per heavy atom. The van der Waals surface area contributed by atoms with Crippen molar-refractivity contribution in [1.29, 1.82) is 0 Å². The molecule has 1 aliphatic rings. The lowest BCUT2D eigenvalue weighted by Gasteiger charge is -2.21. The van der Waals surface area contributed by atoms with E-state index in [-0.39, 0.29) is 0 Å². The first-order valence-electron chi connectivity index (χ1n) is 7.04. The molecule has 0 bridgehead atoms. The van der Waals surface area contributed by atoms with Crippen LogP contribution in [0, 0.1) is 13.8 Å². The Morgan fingerprint density at radius 3 is 2.56 bits per heavy atom. The number of hydrogen-bond donors (Lipinski definition) is 0. The zero-order valence-electron chi connectivity index (χ0n) is 12.1. The first kappa shape index (κ1) is 13.4. The summed E-state index contributed by atoms with van der Waals surface area (Å²) in [5, 5.41) is 4.61. The molecule has 1 aromatic rings. The molecule has 1 aromatic heterocycles. The lowest BCUT2D eigenvalue weighted by molar-refractivity contribution is 0.268. The van der Waals surface area contributed by atoms with Gasteiger partial charge in [0, 0.05) is 17.8 Å². The van der Waals surface area contributed by atoms with Gasteiger partial charge in [0.25, 0.3) is 0 Å². The van der Waals surface area contributed by atoms with E-state index in [9.17, 15) is 0 Å². The number of rotatable bonds is 5. The first-order valence-corrected chi connectivity index (χ1v) is 7.04. The summed E-state index contributed by atoms with van der Waals surface area (Å²) in [5.74, 6) is 0.795. The van der Waals surface area contributed by atoms with Gasteiger partial charge in [0.05, 0.1) is 12.6 Å². The molecule has 0 amide bonds. The minimum Gasteiger partial charge on any atom is -0.477 e. The molecule has 4 nitrogen and oxygen atoms in total. The molecule has 0 N–H and O–H groups in total. The largest absolute Gasteiger partial charge is 0.477 e. The second kappa shape index (κ2) is 5.74. The standard InChI is InChI=1S/C14H25N3O/c1-5-18-14-12(3)13(4)17(15-14)11(2)10-16-8-6-7-9-16/h11H,5-10H2,1-4H3/t11-/m0/s1. The van der Waals surface area contributed by atoms with Crippen molar-refractivity contribution < 1.29 is 4.74 Å². The summed E-state index contributed by atoms with van der Waals surface area (Å²) in [6.07, 6.45) is 2.68. The summed E-state index contributed by atoms with van der Waals surface area (Å²) in [4.78, 5) is 2.53. The predicted molar refractivity (Wildman–Crippen MR) is 73.3 cm³/mol. The molecular formula is C14H25N3O. The van der Waals surface area contributed by atoms with Gasteiger partial charge in [-0.3, -0.25) is 4.68 Å². The van der Waals surface area contributed by atoms with Crippen LogP contribution in [0.25, 0.3) is 0 Å². The summed E-state index contributed by atoms with van der Waals surface area (Å²) in [5.41, 5.74) is 2.40. The van der Waals surface area contributed by atoms with Gasteiger partial charge in [-0.2, -0.15) is 0 Å². The summed E-state index contributed by atoms with van der Waals surface area (Å²) < 4.78 is 7.70. The fourth-order valence-corrected chi connectivity index (χ4v) is 2.69. The average Bonchev–Trinajstić information content (AvgIpc) is 2.93. The monoisotopic (exact) mass is 251 g/mol. The average molecular weight is 251 g/mol. The van der Waals surface area contributed by atoms with Crippen LogP contribution in [0.3, 0.4) is 0 Å². The Kier molecular flexibility index (Phi) is 4.27. The van der Waals surface area contributed by atoms with Crippen LogP contribution in [0.15, 0.2) is 0 Å². The number of likely N-dealkylation sites (tertiary alicyclic amines) is 1. The third-order valence-electron chi connectivity index (χ3n) is 3.83. The van der Waals surface area contributed by atoms with Crippen LogP contribution in [0.4, 0.5) is 0 Å². The molecule has 0 saturated carbocycles. The van der Waals surface area contributed by atoms with Crippen LogP contribution >= 0.6 is 0 Å². The van der Waals surface area contributed by atoms with E-state index in [2.05, 4.69) is 35.5 Å². The fraction of sp³-hybridized carbons (Fsp3) is 0.786. The first-order chi connectivity index (χ1) is 8.63. The number of aromatic nitrogens is 2. The highest BCUT2D eigenvalue weighted by Crippen LogP contribution is 2.23. The van der Waals surface area contributed by atoms with Gasteiger partial charge in [-0.1, -0.05) is 0 Å². The second-order valence-electron chi connectivity index (χ2n) is 5.25. The molecule has 0 radical (unpaired) electrons. The smallest absolute Gasteiger partial charge is 0.235 e. The van der Waals surface area contributed by atoms with E-state index >= 15 is 0 Å². The van der Waals surface area contributed by atoms with E-state index in [0.29, 0.717) is 12.6 Å². The zero-order chi connectivity index (χ0) is 13.1. The lowest BCUT2D eigenvalue weighted by Crippen LogP contribution is -2.28. The van der Waals surface area contributed by atoms with Crippen LogP contribution in [-0.2, 0) is 0 Å². The molecule has 2 heterocycles. The second-order valence-corrected chi connectivity index (χ2v) is 5.25. The van der Waals surface area contributed by atoms with Crippen molar-refractivity contribution in [3.63, 3.8) is 0 Å². The Bertz CT molecular complexity index is 394. The highest BCUT2D eigenvalue weighted by atomic mass is 16.5. The van der Waals surface area contributed by atoms with E-state index in [1.165, 1.54) is 37.2 Å². The van der Waals surface area contributed by atoms with Crippen molar-refractivity contribution in [2.75, 3.05) is 26.2 Å². The van der Waals surface area contributed by atoms with Crippen molar-refractivity contribution in [3.8, 4) is 5.88 Å². The van der Waals surface area contributed by atoms with Gasteiger partial charge in [0.15, 0.2) is 0 Å². The van der Waals surface area contributed by atoms with E-state index in [0.717, 1.165) is 12.4 Å². The summed E-state index contributed by atoms with van der Waals surface area (Å²) in [7, 11) is 0. The van der Waals surface area contributed by atoms with Crippen LogP contribution in [0.1, 0.15) is 44.0 Å². The molecule has 2 rings (SSSR count). The van der Waals surface area contributed by atoms with E-state index in [1.54, 1.807) is 0 Å². The maximum absolute atomic E-state index is 5.57. The highest BCUT2D eigenvalue weighted by molar-refractivity contribution is 5.29. The minimum absolute atomic E-state index is 0.413. The molecule has 102 valence electrons. The van der Waals surface area contributed by atoms with Gasteiger partial charge < -0.3 is 9.64 Å². The minimum atomic E-state index is 0.413. The Balaban J connectivity index is 2.08. The van der Waals surface area contributed by atoms with Gasteiger partial charge in [0.2, 0.25) is 5.88 Å². The lowest BCUT2D eigenvalue weighted by atomic mass is 10.2. The van der Waals surface area contributed by atoms with Gasteiger partial charge in [-0.05, 0) is 53.6 Å². The molecule has 0 aliphatic carbocycles. The molecule has 0 spiro atoms. The predicted octanol–water partition coefficient (Wildman–Crippen LogP) is 2.56. The van der Waals surface area contributed by atoms with Crippen LogP contribution < -0.4 is 4.74 Å². The molecule has 1 fully saturated rings. The van der Waals surface area contributed by atoms with E-state index in [4.69, 9.17) is 4.74 Å². The third kappa shape index (κ3) is 2.69. The fourth-order valence-electron chi connectivity index (χ4n) is 2.69. The Morgan fingerprint density at radius 2 is 1.94 bits per heavy atom. The van der Waals surface area contributed by atoms with Gasteiger partial charge in [0.1, 0.15) is 0 Å². The molecule has 0 unspecified atom stereocenters. The van der Waals surface area contributed by atoms with Crippen molar-refractivity contribution in [3.05, 3.63) is 11.3 Å². The Labute approximate surface area is 110 Å². The SMILES string of the molecule is CCOc1nn([C@@H](C)CN2CCCC2)c(C)c1C. The zero-order valence-corrected chi connectivity index (χ0v) is 12.1. The van der Waals surface area contributed by atoms with Crippen molar-refractivity contribution in [2.45, 2.75) is 46.6 Å². The third-order valence-corrected chi connectivity index (χ3v) is 3.83. The summed E-state index contributed by atoms with van der Waals surface area (Å²) in [6, 6.07) is 0.413. The quantitative estimate of drug-likeness (QED) is 0.805. The van der Waals surface area contributed by atoms with Gasteiger partial charge in [-0.25, -0.2) is 0 Å². The number of nitrogens with zero attached hydrogens (tertiary/aromatic N) is 3.